The summed E-state index contributed by atoms with van der Waals surface area (Å²) in [6.45, 7) is 0.749. The third-order valence-electron chi connectivity index (χ3n) is 3.19. The summed E-state index contributed by atoms with van der Waals surface area (Å²) in [5, 5.41) is 15.4. The van der Waals surface area contributed by atoms with E-state index in [0.29, 0.717) is 0 Å². The summed E-state index contributed by atoms with van der Waals surface area (Å²) in [7, 11) is 0. The molecule has 13 nitrogen and oxygen atoms in total. The molecule has 0 radical (unpaired) electrons. The third-order valence-corrected chi connectivity index (χ3v) is 3.19. The van der Waals surface area contributed by atoms with Crippen molar-refractivity contribution in [3.05, 3.63) is 0 Å². The molecular weight excluding hydrogens is 364 g/mol. The smallest absolute Gasteiger partial charge is 0.326 e. The molecule has 0 fully saturated rings. The second-order valence-corrected chi connectivity index (χ2v) is 5.70. The highest BCUT2D eigenvalue weighted by Gasteiger charge is 2.25. The molecule has 0 saturated carbocycles. The van der Waals surface area contributed by atoms with Gasteiger partial charge >= 0.3 is 5.97 Å². The van der Waals surface area contributed by atoms with Gasteiger partial charge in [0.05, 0.1) is 19.0 Å². The fourth-order valence-electron chi connectivity index (χ4n) is 1.80. The molecule has 10 N–H and O–H groups in total. The number of amides is 5. The van der Waals surface area contributed by atoms with Gasteiger partial charge in [0.1, 0.15) is 12.1 Å². The molecule has 0 aromatic carbocycles. The SMILES string of the molecule is CC(N)C(=O)NC(CCC(N)=O)C(=O)NCC(=O)NC(CC(N)=O)C(=O)O. The van der Waals surface area contributed by atoms with E-state index in [0.717, 1.165) is 0 Å². The first-order chi connectivity index (χ1) is 12.4. The van der Waals surface area contributed by atoms with Crippen molar-refractivity contribution in [2.45, 2.75) is 44.3 Å². The molecule has 0 heterocycles. The lowest BCUT2D eigenvalue weighted by atomic mass is 10.1. The number of carbonyl (C=O) groups excluding carboxylic acids is 5. The maximum atomic E-state index is 12.1. The predicted octanol–water partition coefficient (Wildman–Crippen LogP) is -4.36. The summed E-state index contributed by atoms with van der Waals surface area (Å²) in [6.07, 6.45) is -0.954. The van der Waals surface area contributed by atoms with Crippen LogP contribution >= 0.6 is 0 Å². The van der Waals surface area contributed by atoms with Crippen molar-refractivity contribution in [1.29, 1.82) is 0 Å². The van der Waals surface area contributed by atoms with Gasteiger partial charge in [0, 0.05) is 6.42 Å². The molecule has 0 bridgehead atoms. The molecule has 27 heavy (non-hydrogen) atoms. The minimum absolute atomic E-state index is 0.124. The van der Waals surface area contributed by atoms with E-state index in [2.05, 4.69) is 10.6 Å². The highest BCUT2D eigenvalue weighted by atomic mass is 16.4. The lowest BCUT2D eigenvalue weighted by molar-refractivity contribution is -0.143. The number of nitrogens with two attached hydrogens (primary N) is 3. The van der Waals surface area contributed by atoms with E-state index in [4.69, 9.17) is 22.3 Å². The van der Waals surface area contributed by atoms with Crippen LogP contribution in [0.2, 0.25) is 0 Å². The standard InChI is InChI=1S/C14H24N6O7/c1-6(15)12(24)20-7(2-3-9(16)21)13(25)18-5-11(23)19-8(14(26)27)4-10(17)22/h6-8H,2-5,15H2,1H3,(H2,16,21)(H2,17,22)(H,18,25)(H,19,23)(H,20,24)(H,26,27). The number of rotatable bonds is 12. The molecule has 0 aliphatic heterocycles. The van der Waals surface area contributed by atoms with Crippen molar-refractivity contribution in [3.63, 3.8) is 0 Å². The zero-order valence-corrected chi connectivity index (χ0v) is 14.7. The Balaban J connectivity index is 4.78. The number of hydrogen-bond donors (Lipinski definition) is 7. The first-order valence-corrected chi connectivity index (χ1v) is 7.86. The zero-order chi connectivity index (χ0) is 21.1. The number of primary amides is 2. The fourth-order valence-corrected chi connectivity index (χ4v) is 1.80. The Morgan fingerprint density at radius 1 is 0.926 bits per heavy atom. The van der Waals surface area contributed by atoms with Crippen molar-refractivity contribution in [1.82, 2.24) is 16.0 Å². The van der Waals surface area contributed by atoms with Gasteiger partial charge in [0.15, 0.2) is 0 Å². The first-order valence-electron chi connectivity index (χ1n) is 7.86. The molecule has 0 rings (SSSR count). The van der Waals surface area contributed by atoms with Crippen LogP contribution in [0.4, 0.5) is 0 Å². The van der Waals surface area contributed by atoms with Crippen LogP contribution in [-0.4, -0.2) is 65.3 Å². The minimum atomic E-state index is -1.55. The molecular formula is C14H24N6O7. The van der Waals surface area contributed by atoms with E-state index in [1.165, 1.54) is 6.92 Å². The van der Waals surface area contributed by atoms with Crippen LogP contribution in [0.25, 0.3) is 0 Å². The van der Waals surface area contributed by atoms with Crippen LogP contribution < -0.4 is 33.2 Å². The largest absolute Gasteiger partial charge is 0.480 e. The molecule has 0 saturated heterocycles. The highest BCUT2D eigenvalue weighted by molar-refractivity contribution is 5.93. The molecule has 0 aromatic rings. The van der Waals surface area contributed by atoms with Crippen LogP contribution in [0.1, 0.15) is 26.2 Å². The van der Waals surface area contributed by atoms with Crippen molar-refractivity contribution < 1.29 is 33.9 Å². The summed E-state index contributed by atoms with van der Waals surface area (Å²) in [6, 6.07) is -3.64. The zero-order valence-electron chi connectivity index (χ0n) is 14.7. The van der Waals surface area contributed by atoms with Crippen molar-refractivity contribution in [3.8, 4) is 0 Å². The molecule has 13 heteroatoms. The number of carboxylic acid groups (broad SMARTS) is 1. The van der Waals surface area contributed by atoms with E-state index in [1.807, 2.05) is 5.32 Å². The highest BCUT2D eigenvalue weighted by Crippen LogP contribution is 1.99. The number of carboxylic acids is 1. The molecule has 5 amide bonds. The Kier molecular flexibility index (Phi) is 10.0. The topological polar surface area (TPSA) is 237 Å². The Hall–Kier alpha value is -3.22. The summed E-state index contributed by atoms with van der Waals surface area (Å²) < 4.78 is 0. The lowest BCUT2D eigenvalue weighted by Gasteiger charge is -2.19. The van der Waals surface area contributed by atoms with Gasteiger partial charge in [-0.1, -0.05) is 0 Å². The van der Waals surface area contributed by atoms with Crippen molar-refractivity contribution in [2.75, 3.05) is 6.54 Å². The second-order valence-electron chi connectivity index (χ2n) is 5.70. The van der Waals surface area contributed by atoms with E-state index in [1.54, 1.807) is 0 Å². The molecule has 3 unspecified atom stereocenters. The average Bonchev–Trinajstić information content (AvgIpc) is 2.54. The van der Waals surface area contributed by atoms with Gasteiger partial charge < -0.3 is 38.3 Å². The van der Waals surface area contributed by atoms with Gasteiger partial charge in [-0.25, -0.2) is 4.79 Å². The van der Waals surface area contributed by atoms with Crippen LogP contribution in [0.15, 0.2) is 0 Å². The van der Waals surface area contributed by atoms with Gasteiger partial charge in [-0.05, 0) is 13.3 Å². The molecule has 152 valence electrons. The van der Waals surface area contributed by atoms with Gasteiger partial charge in [0.25, 0.3) is 0 Å². The Morgan fingerprint density at radius 3 is 1.96 bits per heavy atom. The quantitative estimate of drug-likeness (QED) is 0.172. The van der Waals surface area contributed by atoms with Crippen molar-refractivity contribution in [2.24, 2.45) is 17.2 Å². The lowest BCUT2D eigenvalue weighted by Crippen LogP contribution is -2.53. The van der Waals surface area contributed by atoms with E-state index < -0.39 is 66.6 Å². The van der Waals surface area contributed by atoms with Crippen LogP contribution in [0, 0.1) is 0 Å². The maximum Gasteiger partial charge on any atom is 0.326 e. The summed E-state index contributed by atoms with van der Waals surface area (Å²) in [4.78, 5) is 68.1. The molecule has 0 aromatic heterocycles. The van der Waals surface area contributed by atoms with E-state index in [-0.39, 0.29) is 12.8 Å². The molecule has 3 atom stereocenters. The van der Waals surface area contributed by atoms with Crippen LogP contribution in [0.3, 0.4) is 0 Å². The normalized spacial score (nSPS) is 13.6. The molecule has 0 spiro atoms. The summed E-state index contributed by atoms with van der Waals surface area (Å²) in [5.41, 5.74) is 15.3. The second kappa shape index (κ2) is 11.4. The number of nitrogens with one attached hydrogen (secondary N) is 3. The monoisotopic (exact) mass is 388 g/mol. The summed E-state index contributed by atoms with van der Waals surface area (Å²) in [5.74, 6) is -5.46. The number of aliphatic carboxylic acids is 1. The van der Waals surface area contributed by atoms with Gasteiger partial charge in [-0.2, -0.15) is 0 Å². The third kappa shape index (κ3) is 10.4. The van der Waals surface area contributed by atoms with Gasteiger partial charge in [-0.3, -0.25) is 24.0 Å². The number of carbonyl (C=O) groups is 6. The fraction of sp³-hybridized carbons (Fsp3) is 0.571. The summed E-state index contributed by atoms with van der Waals surface area (Å²) >= 11 is 0. The average molecular weight is 388 g/mol. The van der Waals surface area contributed by atoms with E-state index in [9.17, 15) is 28.8 Å². The van der Waals surface area contributed by atoms with Gasteiger partial charge in [0.2, 0.25) is 29.5 Å². The number of hydrogen-bond acceptors (Lipinski definition) is 7. The molecule has 0 aliphatic carbocycles. The van der Waals surface area contributed by atoms with E-state index >= 15 is 0 Å². The minimum Gasteiger partial charge on any atom is -0.480 e. The predicted molar refractivity (Wildman–Crippen MR) is 90.4 cm³/mol. The first kappa shape index (κ1) is 23.8. The molecule has 0 aliphatic rings. The Morgan fingerprint density at radius 2 is 1.52 bits per heavy atom. The van der Waals surface area contributed by atoms with Crippen molar-refractivity contribution >= 4 is 35.5 Å². The Labute approximate surface area is 154 Å². The van der Waals surface area contributed by atoms with Crippen LogP contribution in [0.5, 0.6) is 0 Å². The Bertz CT molecular complexity index is 607. The van der Waals surface area contributed by atoms with Crippen LogP contribution in [-0.2, 0) is 28.8 Å². The van der Waals surface area contributed by atoms with Gasteiger partial charge in [-0.15, -0.1) is 0 Å². The maximum absolute atomic E-state index is 12.1.